The molecule has 0 heterocycles. The van der Waals surface area contributed by atoms with E-state index in [1.165, 1.54) is 6.07 Å². The number of rotatable bonds is 2. The highest BCUT2D eigenvalue weighted by atomic mass is 35.5. The van der Waals surface area contributed by atoms with Gasteiger partial charge >= 0.3 is 0 Å². The zero-order valence-corrected chi connectivity index (χ0v) is 10.1. The molecule has 2 nitrogen and oxygen atoms in total. The Morgan fingerprint density at radius 1 is 1.35 bits per heavy atom. The van der Waals surface area contributed by atoms with Gasteiger partial charge in [0.05, 0.1) is 10.6 Å². The Labute approximate surface area is 104 Å². The fourth-order valence-corrected chi connectivity index (χ4v) is 2.40. The van der Waals surface area contributed by atoms with Crippen LogP contribution in [-0.4, -0.2) is 16.5 Å². The fourth-order valence-electron chi connectivity index (χ4n) is 2.21. The molecule has 0 amide bonds. The van der Waals surface area contributed by atoms with Crippen LogP contribution in [0.1, 0.15) is 31.2 Å². The van der Waals surface area contributed by atoms with Crippen molar-refractivity contribution in [2.75, 3.05) is 0 Å². The molecule has 1 aliphatic carbocycles. The average molecular weight is 257 g/mol. The van der Waals surface area contributed by atoms with E-state index >= 15 is 0 Å². The number of benzene rings is 1. The van der Waals surface area contributed by atoms with Crippen LogP contribution < -0.4 is 0 Å². The van der Waals surface area contributed by atoms with Gasteiger partial charge in [-0.1, -0.05) is 23.7 Å². The van der Waals surface area contributed by atoms with Gasteiger partial charge in [0.25, 0.3) is 0 Å². The molecular weight excluding hydrogens is 243 g/mol. The van der Waals surface area contributed by atoms with E-state index in [-0.39, 0.29) is 17.2 Å². The molecule has 0 spiro atoms. The molecule has 1 N–H and O–H groups in total. The maximum Gasteiger partial charge on any atom is 0.145 e. The zero-order chi connectivity index (χ0) is 12.5. The zero-order valence-electron chi connectivity index (χ0n) is 9.38. The molecule has 0 radical (unpaired) electrons. The van der Waals surface area contributed by atoms with Crippen molar-refractivity contribution in [2.45, 2.75) is 37.7 Å². The summed E-state index contributed by atoms with van der Waals surface area (Å²) < 4.78 is 13.7. The van der Waals surface area contributed by atoms with E-state index in [1.807, 2.05) is 0 Å². The summed E-state index contributed by atoms with van der Waals surface area (Å²) in [6.45, 7) is 0. The van der Waals surface area contributed by atoms with Gasteiger partial charge in [-0.25, -0.2) is 4.39 Å². The quantitative estimate of drug-likeness (QED) is 0.883. The van der Waals surface area contributed by atoms with Gasteiger partial charge in [-0.3, -0.25) is 4.79 Å². The number of aliphatic hydroxyl groups is 1. The molecule has 1 aromatic carbocycles. The molecule has 0 aromatic heterocycles. The molecule has 17 heavy (non-hydrogen) atoms. The molecule has 2 rings (SSSR count). The second kappa shape index (κ2) is 4.75. The largest absolute Gasteiger partial charge is 0.390 e. The first kappa shape index (κ1) is 12.5. The third-order valence-corrected chi connectivity index (χ3v) is 3.58. The lowest BCUT2D eigenvalue weighted by Crippen LogP contribution is -2.36. The number of carbonyl (C=O) groups is 1. The first-order chi connectivity index (χ1) is 8.00. The van der Waals surface area contributed by atoms with E-state index in [4.69, 9.17) is 11.6 Å². The Bertz CT molecular complexity index is 435. The Morgan fingerprint density at radius 2 is 2.00 bits per heavy atom. The van der Waals surface area contributed by atoms with Crippen molar-refractivity contribution in [2.24, 2.45) is 0 Å². The van der Waals surface area contributed by atoms with Crippen molar-refractivity contribution < 1.29 is 14.3 Å². The normalized spacial score (nSPS) is 19.4. The van der Waals surface area contributed by atoms with Crippen molar-refractivity contribution in [1.29, 1.82) is 0 Å². The number of ketones is 1. The Balaban J connectivity index is 2.15. The molecule has 1 saturated carbocycles. The van der Waals surface area contributed by atoms with Crippen LogP contribution in [0.15, 0.2) is 18.2 Å². The Morgan fingerprint density at radius 3 is 2.65 bits per heavy atom. The number of Topliss-reactive ketones (excluding diaryl/α,β-unsaturated/α-hetero) is 1. The second-order valence-electron chi connectivity index (χ2n) is 4.65. The minimum atomic E-state index is -0.973. The van der Waals surface area contributed by atoms with Gasteiger partial charge in [-0.05, 0) is 24.5 Å². The standard InChI is InChI=1S/C13H14ClFO2/c14-11-3-1-2-9(12(11)15)8-13(17)6-4-10(16)5-7-13/h1-3,17H,4-8H2. The topological polar surface area (TPSA) is 37.3 Å². The van der Waals surface area contributed by atoms with E-state index < -0.39 is 11.4 Å². The van der Waals surface area contributed by atoms with Gasteiger partial charge in [-0.15, -0.1) is 0 Å². The summed E-state index contributed by atoms with van der Waals surface area (Å²) in [5, 5.41) is 10.4. The Kier molecular flexibility index (Phi) is 3.50. The molecule has 1 aromatic rings. The lowest BCUT2D eigenvalue weighted by atomic mass is 9.80. The monoisotopic (exact) mass is 256 g/mol. The van der Waals surface area contributed by atoms with Crippen LogP contribution in [0, 0.1) is 5.82 Å². The van der Waals surface area contributed by atoms with Gasteiger partial charge in [0, 0.05) is 19.3 Å². The summed E-state index contributed by atoms with van der Waals surface area (Å²) in [5.74, 6) is -0.305. The highest BCUT2D eigenvalue weighted by molar-refractivity contribution is 6.30. The maximum atomic E-state index is 13.7. The van der Waals surface area contributed by atoms with E-state index in [9.17, 15) is 14.3 Å². The van der Waals surface area contributed by atoms with Gasteiger partial charge in [-0.2, -0.15) is 0 Å². The van der Waals surface area contributed by atoms with Crippen molar-refractivity contribution in [3.05, 3.63) is 34.6 Å². The molecule has 0 saturated heterocycles. The Hall–Kier alpha value is -0.930. The van der Waals surface area contributed by atoms with Crippen LogP contribution in [0.4, 0.5) is 4.39 Å². The summed E-state index contributed by atoms with van der Waals surface area (Å²) in [6.07, 6.45) is 1.76. The van der Waals surface area contributed by atoms with Crippen molar-refractivity contribution in [1.82, 2.24) is 0 Å². The molecular formula is C13H14ClFO2. The van der Waals surface area contributed by atoms with E-state index in [0.29, 0.717) is 31.2 Å². The van der Waals surface area contributed by atoms with Crippen LogP contribution >= 0.6 is 11.6 Å². The molecule has 4 heteroatoms. The summed E-state index contributed by atoms with van der Waals surface area (Å²) in [5.41, 5.74) is -0.561. The van der Waals surface area contributed by atoms with E-state index in [2.05, 4.69) is 0 Å². The van der Waals surface area contributed by atoms with Crippen LogP contribution in [0.3, 0.4) is 0 Å². The lowest BCUT2D eigenvalue weighted by Gasteiger charge is -2.31. The number of hydrogen-bond acceptors (Lipinski definition) is 2. The summed E-state index contributed by atoms with van der Waals surface area (Å²) >= 11 is 5.69. The van der Waals surface area contributed by atoms with Crippen LogP contribution in [-0.2, 0) is 11.2 Å². The van der Waals surface area contributed by atoms with Gasteiger partial charge in [0.15, 0.2) is 0 Å². The number of hydrogen-bond donors (Lipinski definition) is 1. The number of carbonyl (C=O) groups excluding carboxylic acids is 1. The van der Waals surface area contributed by atoms with Crippen molar-refractivity contribution >= 4 is 17.4 Å². The summed E-state index contributed by atoms with van der Waals surface area (Å²) in [7, 11) is 0. The predicted molar refractivity (Wildman–Crippen MR) is 63.5 cm³/mol. The molecule has 0 atom stereocenters. The molecule has 0 aliphatic heterocycles. The van der Waals surface area contributed by atoms with Gasteiger partial charge in [0.2, 0.25) is 0 Å². The fraction of sp³-hybridized carbons (Fsp3) is 0.462. The molecule has 1 fully saturated rings. The summed E-state index contributed by atoms with van der Waals surface area (Å²) in [6, 6.07) is 4.77. The van der Waals surface area contributed by atoms with E-state index in [0.717, 1.165) is 0 Å². The smallest absolute Gasteiger partial charge is 0.145 e. The van der Waals surface area contributed by atoms with Gasteiger partial charge in [0.1, 0.15) is 11.6 Å². The molecule has 92 valence electrons. The summed E-state index contributed by atoms with van der Waals surface area (Å²) in [4.78, 5) is 11.1. The third-order valence-electron chi connectivity index (χ3n) is 3.29. The minimum absolute atomic E-state index is 0.0676. The van der Waals surface area contributed by atoms with Crippen LogP contribution in [0.25, 0.3) is 0 Å². The van der Waals surface area contributed by atoms with Gasteiger partial charge < -0.3 is 5.11 Å². The lowest BCUT2D eigenvalue weighted by molar-refractivity contribution is -0.125. The maximum absolute atomic E-state index is 13.7. The first-order valence-corrected chi connectivity index (χ1v) is 6.05. The molecule has 1 aliphatic rings. The second-order valence-corrected chi connectivity index (χ2v) is 5.06. The molecule has 0 bridgehead atoms. The first-order valence-electron chi connectivity index (χ1n) is 5.67. The van der Waals surface area contributed by atoms with Crippen molar-refractivity contribution in [3.8, 4) is 0 Å². The highest BCUT2D eigenvalue weighted by Crippen LogP contribution is 2.31. The van der Waals surface area contributed by atoms with E-state index in [1.54, 1.807) is 12.1 Å². The highest BCUT2D eigenvalue weighted by Gasteiger charge is 2.33. The molecule has 0 unspecified atom stereocenters. The third kappa shape index (κ3) is 2.85. The number of halogens is 2. The SMILES string of the molecule is O=C1CCC(O)(Cc2cccc(Cl)c2F)CC1. The van der Waals surface area contributed by atoms with Crippen LogP contribution in [0.2, 0.25) is 5.02 Å². The van der Waals surface area contributed by atoms with Crippen LogP contribution in [0.5, 0.6) is 0 Å². The average Bonchev–Trinajstić information content (AvgIpc) is 2.30. The predicted octanol–water partition coefficient (Wildman–Crippen LogP) is 2.90. The minimum Gasteiger partial charge on any atom is -0.390 e. The van der Waals surface area contributed by atoms with Crippen molar-refractivity contribution in [3.63, 3.8) is 0 Å².